The Morgan fingerprint density at radius 1 is 1.11 bits per heavy atom. The molecule has 0 aliphatic carbocycles. The van der Waals surface area contributed by atoms with Crippen LogP contribution in [0.25, 0.3) is 0 Å². The molecule has 0 unspecified atom stereocenters. The number of anilines is 1. The highest BCUT2D eigenvalue weighted by molar-refractivity contribution is 9.10. The lowest BCUT2D eigenvalue weighted by molar-refractivity contribution is -0.107. The molecule has 2 rings (SSSR count). The molecule has 0 saturated heterocycles. The van der Waals surface area contributed by atoms with Crippen molar-refractivity contribution in [3.05, 3.63) is 64.1 Å². The van der Waals surface area contributed by atoms with E-state index in [-0.39, 0.29) is 5.78 Å². The Labute approximate surface area is 120 Å². The number of nitrogens with zero attached hydrogens (tertiary/aromatic N) is 1. The third-order valence-corrected chi connectivity index (χ3v) is 3.50. The lowest BCUT2D eigenvalue weighted by atomic mass is 10.0. The summed E-state index contributed by atoms with van der Waals surface area (Å²) in [5.41, 5.74) is 1.97. The molecule has 0 saturated carbocycles. The maximum Gasteiger partial charge on any atom is 0.213 e. The quantitative estimate of drug-likeness (QED) is 0.641. The minimum atomic E-state index is -0.0484. The fourth-order valence-corrected chi connectivity index (χ4v) is 2.17. The molecule has 0 N–H and O–H groups in total. The van der Waals surface area contributed by atoms with E-state index in [0.717, 1.165) is 16.6 Å². The zero-order valence-electron chi connectivity index (χ0n) is 10.3. The van der Waals surface area contributed by atoms with Crippen LogP contribution in [0.3, 0.4) is 0 Å². The lowest BCUT2D eigenvalue weighted by Crippen LogP contribution is -2.13. The Balaban J connectivity index is 2.30. The summed E-state index contributed by atoms with van der Waals surface area (Å²) in [4.78, 5) is 24.4. The molecule has 0 aromatic heterocycles. The third-order valence-electron chi connectivity index (χ3n) is 2.81. The van der Waals surface area contributed by atoms with Crippen LogP contribution in [0.5, 0.6) is 0 Å². The lowest BCUT2D eigenvalue weighted by Gasteiger charge is -2.11. The first-order valence-electron chi connectivity index (χ1n) is 5.71. The second-order valence-electron chi connectivity index (χ2n) is 4.07. The van der Waals surface area contributed by atoms with Gasteiger partial charge in [-0.1, -0.05) is 28.1 Å². The van der Waals surface area contributed by atoms with E-state index in [4.69, 9.17) is 0 Å². The molecule has 0 atom stereocenters. The highest BCUT2D eigenvalue weighted by atomic mass is 79.9. The summed E-state index contributed by atoms with van der Waals surface area (Å²) in [5, 5.41) is 0. The first-order chi connectivity index (χ1) is 9.13. The van der Waals surface area contributed by atoms with Gasteiger partial charge in [-0.3, -0.25) is 9.59 Å². The van der Waals surface area contributed by atoms with Gasteiger partial charge in [-0.25, -0.2) is 0 Å². The number of amides is 1. The van der Waals surface area contributed by atoms with Crippen LogP contribution in [-0.2, 0) is 4.79 Å². The maximum absolute atomic E-state index is 12.3. The van der Waals surface area contributed by atoms with Gasteiger partial charge in [0.1, 0.15) is 0 Å². The smallest absolute Gasteiger partial charge is 0.213 e. The van der Waals surface area contributed by atoms with Gasteiger partial charge in [0.25, 0.3) is 0 Å². The topological polar surface area (TPSA) is 37.4 Å². The number of rotatable bonds is 4. The predicted molar refractivity (Wildman–Crippen MR) is 78.5 cm³/mol. The number of carbonyl (C=O) groups is 2. The van der Waals surface area contributed by atoms with Gasteiger partial charge in [-0.05, 0) is 36.4 Å². The molecule has 0 radical (unpaired) electrons. The Morgan fingerprint density at radius 3 is 2.32 bits per heavy atom. The van der Waals surface area contributed by atoms with E-state index in [1.165, 1.54) is 4.90 Å². The zero-order valence-corrected chi connectivity index (χ0v) is 11.9. The van der Waals surface area contributed by atoms with E-state index in [9.17, 15) is 9.59 Å². The first kappa shape index (κ1) is 13.5. The van der Waals surface area contributed by atoms with Crippen LogP contribution in [0.4, 0.5) is 5.69 Å². The van der Waals surface area contributed by atoms with Gasteiger partial charge in [0, 0.05) is 28.3 Å². The average Bonchev–Trinajstić information content (AvgIpc) is 2.46. The number of halogens is 1. The van der Waals surface area contributed by atoms with Crippen molar-refractivity contribution in [2.75, 3.05) is 11.9 Å². The summed E-state index contributed by atoms with van der Waals surface area (Å²) in [6.45, 7) is 0. The fraction of sp³-hybridized carbons (Fsp3) is 0.0667. The van der Waals surface area contributed by atoms with Crippen LogP contribution in [-0.4, -0.2) is 19.2 Å². The Bertz CT molecular complexity index is 608. The van der Waals surface area contributed by atoms with Crippen LogP contribution in [0.15, 0.2) is 53.0 Å². The largest absolute Gasteiger partial charge is 0.318 e. The summed E-state index contributed by atoms with van der Waals surface area (Å²) >= 11 is 3.37. The van der Waals surface area contributed by atoms with E-state index in [1.807, 2.05) is 18.2 Å². The number of hydrogen-bond donors (Lipinski definition) is 0. The van der Waals surface area contributed by atoms with Gasteiger partial charge >= 0.3 is 0 Å². The highest BCUT2D eigenvalue weighted by Crippen LogP contribution is 2.21. The molecule has 4 heteroatoms. The van der Waals surface area contributed by atoms with Gasteiger partial charge in [0.2, 0.25) is 6.41 Å². The molecule has 96 valence electrons. The highest BCUT2D eigenvalue weighted by Gasteiger charge is 2.12. The number of ketones is 1. The molecule has 0 spiro atoms. The first-order valence-corrected chi connectivity index (χ1v) is 6.50. The second kappa shape index (κ2) is 5.80. The zero-order chi connectivity index (χ0) is 13.8. The van der Waals surface area contributed by atoms with Crippen molar-refractivity contribution in [3.8, 4) is 0 Å². The molecule has 0 aliphatic rings. The van der Waals surface area contributed by atoms with Crippen LogP contribution in [0.2, 0.25) is 0 Å². The van der Waals surface area contributed by atoms with Crippen LogP contribution in [0, 0.1) is 0 Å². The van der Waals surface area contributed by atoms with E-state index in [2.05, 4.69) is 15.9 Å². The van der Waals surface area contributed by atoms with Crippen molar-refractivity contribution in [3.63, 3.8) is 0 Å². The van der Waals surface area contributed by atoms with Crippen molar-refractivity contribution >= 4 is 33.8 Å². The number of benzene rings is 2. The molecule has 0 fully saturated rings. The van der Waals surface area contributed by atoms with Crippen molar-refractivity contribution in [2.45, 2.75) is 0 Å². The second-order valence-corrected chi connectivity index (χ2v) is 4.93. The Hall–Kier alpha value is -1.94. The molecule has 2 aromatic rings. The fourth-order valence-electron chi connectivity index (χ4n) is 1.71. The number of hydrogen-bond acceptors (Lipinski definition) is 2. The monoisotopic (exact) mass is 317 g/mol. The van der Waals surface area contributed by atoms with Gasteiger partial charge in [-0.15, -0.1) is 0 Å². The van der Waals surface area contributed by atoms with Gasteiger partial charge in [0.15, 0.2) is 5.78 Å². The molecule has 0 heterocycles. The molecule has 0 bridgehead atoms. The minimum absolute atomic E-state index is 0.0484. The van der Waals surface area contributed by atoms with E-state index >= 15 is 0 Å². The third kappa shape index (κ3) is 2.90. The summed E-state index contributed by atoms with van der Waals surface area (Å²) in [6, 6.07) is 14.2. The van der Waals surface area contributed by atoms with Crippen molar-refractivity contribution < 1.29 is 9.59 Å². The predicted octanol–water partition coefficient (Wildman–Crippen LogP) is 3.27. The molecule has 2 aromatic carbocycles. The summed E-state index contributed by atoms with van der Waals surface area (Å²) in [5.74, 6) is -0.0484. The Kier molecular flexibility index (Phi) is 4.12. The van der Waals surface area contributed by atoms with Gasteiger partial charge in [-0.2, -0.15) is 0 Å². The molecule has 19 heavy (non-hydrogen) atoms. The average molecular weight is 318 g/mol. The molecular formula is C15H12BrNO2. The van der Waals surface area contributed by atoms with E-state index in [0.29, 0.717) is 11.1 Å². The van der Waals surface area contributed by atoms with Crippen LogP contribution < -0.4 is 4.90 Å². The summed E-state index contributed by atoms with van der Waals surface area (Å²) in [7, 11) is 1.66. The van der Waals surface area contributed by atoms with Crippen molar-refractivity contribution in [1.29, 1.82) is 0 Å². The Morgan fingerprint density at radius 2 is 1.74 bits per heavy atom. The normalized spacial score (nSPS) is 10.0. The number of carbonyl (C=O) groups excluding carboxylic acids is 2. The summed E-state index contributed by atoms with van der Waals surface area (Å²) in [6.07, 6.45) is 0.727. The van der Waals surface area contributed by atoms with Crippen LogP contribution in [0.1, 0.15) is 15.9 Å². The van der Waals surface area contributed by atoms with Crippen LogP contribution >= 0.6 is 15.9 Å². The van der Waals surface area contributed by atoms with Gasteiger partial charge < -0.3 is 4.90 Å². The minimum Gasteiger partial charge on any atom is -0.318 e. The molecule has 0 aliphatic heterocycles. The molecular weight excluding hydrogens is 306 g/mol. The summed E-state index contributed by atoms with van der Waals surface area (Å²) < 4.78 is 0.772. The van der Waals surface area contributed by atoms with Crippen molar-refractivity contribution in [1.82, 2.24) is 0 Å². The standard InChI is InChI=1S/C15H12BrNO2/c1-17(10-18)12-8-6-11(7-9-12)15(19)13-4-2-3-5-14(13)16/h2-10H,1H3. The SMILES string of the molecule is CN(C=O)c1ccc(C(=O)c2ccccc2Br)cc1. The van der Waals surface area contributed by atoms with Crippen molar-refractivity contribution in [2.24, 2.45) is 0 Å². The van der Waals surface area contributed by atoms with Gasteiger partial charge in [0.05, 0.1) is 0 Å². The van der Waals surface area contributed by atoms with E-state index < -0.39 is 0 Å². The van der Waals surface area contributed by atoms with E-state index in [1.54, 1.807) is 37.4 Å². The molecule has 3 nitrogen and oxygen atoms in total. The maximum atomic E-state index is 12.3. The molecule has 1 amide bonds.